The summed E-state index contributed by atoms with van der Waals surface area (Å²) in [6, 6.07) is 11.9. The van der Waals surface area contributed by atoms with E-state index in [9.17, 15) is 14.7 Å². The number of Topliss-reactive ketones (excluding diaryl/α,β-unsaturated/α-hetero) is 1. The Morgan fingerprint density at radius 3 is 2.27 bits per heavy atom. The smallest absolute Gasteiger partial charge is 0.295 e. The molecule has 1 heterocycles. The number of hydrogen-bond acceptors (Lipinski definition) is 6. The quantitative estimate of drug-likeness (QED) is 0.354. The Labute approximate surface area is 195 Å². The highest BCUT2D eigenvalue weighted by molar-refractivity contribution is 6.46. The second kappa shape index (κ2) is 10.5. The molecule has 7 nitrogen and oxygen atoms in total. The molecule has 1 unspecified atom stereocenters. The number of ether oxygens (including phenoxy) is 2. The summed E-state index contributed by atoms with van der Waals surface area (Å²) in [6.45, 7) is 8.68. The third-order valence-electron chi connectivity index (χ3n) is 6.13. The molecule has 1 aliphatic heterocycles. The number of methoxy groups -OCH3 is 2. The first-order valence-electron chi connectivity index (χ1n) is 11.2. The average molecular weight is 453 g/mol. The number of nitrogens with zero attached hydrogens (tertiary/aromatic N) is 2. The van der Waals surface area contributed by atoms with Crippen LogP contribution >= 0.6 is 0 Å². The number of carbonyl (C=O) groups is 2. The van der Waals surface area contributed by atoms with E-state index in [1.165, 1.54) is 7.11 Å². The molecule has 0 aromatic heterocycles. The predicted octanol–water partition coefficient (Wildman–Crippen LogP) is 3.78. The standard InChI is InChI=1S/C26H32N2O5/c1-6-27(7-2)14-15-28-23(18-9-11-19(32-4)12-10-18)22(25(30)26(28)31)24(29)20-16-17(3)8-13-21(20)33-5/h8-13,16,23,29H,6-7,14-15H2,1-5H3/b24-22+. The van der Waals surface area contributed by atoms with Gasteiger partial charge in [0, 0.05) is 13.1 Å². The molecule has 2 aromatic carbocycles. The Kier molecular flexibility index (Phi) is 7.76. The van der Waals surface area contributed by atoms with Crippen LogP contribution in [0.1, 0.15) is 36.6 Å². The summed E-state index contributed by atoms with van der Waals surface area (Å²) < 4.78 is 10.7. The number of amides is 1. The second-order valence-corrected chi connectivity index (χ2v) is 8.00. The van der Waals surface area contributed by atoms with Gasteiger partial charge >= 0.3 is 0 Å². The zero-order valence-electron chi connectivity index (χ0n) is 19.9. The highest BCUT2D eigenvalue weighted by Gasteiger charge is 2.46. The SMILES string of the molecule is CCN(CC)CCN1C(=O)C(=O)/C(=C(/O)c2cc(C)ccc2OC)C1c1ccc(OC)cc1. The third kappa shape index (κ3) is 4.88. The van der Waals surface area contributed by atoms with E-state index in [2.05, 4.69) is 18.7 Å². The molecule has 0 spiro atoms. The average Bonchev–Trinajstić information content (AvgIpc) is 3.09. The molecule has 0 saturated carbocycles. The van der Waals surface area contributed by atoms with Gasteiger partial charge in [-0.2, -0.15) is 0 Å². The lowest BCUT2D eigenvalue weighted by Crippen LogP contribution is -2.38. The van der Waals surface area contributed by atoms with Crippen LogP contribution in [0.15, 0.2) is 48.0 Å². The fourth-order valence-electron chi connectivity index (χ4n) is 4.18. The number of aliphatic hydroxyl groups excluding tert-OH is 1. The molecular weight excluding hydrogens is 420 g/mol. The van der Waals surface area contributed by atoms with Gasteiger partial charge in [-0.3, -0.25) is 9.59 Å². The fraction of sp³-hybridized carbons (Fsp3) is 0.385. The van der Waals surface area contributed by atoms with Crippen LogP contribution in [0.25, 0.3) is 5.76 Å². The monoisotopic (exact) mass is 452 g/mol. The van der Waals surface area contributed by atoms with Crippen molar-refractivity contribution in [3.8, 4) is 11.5 Å². The topological polar surface area (TPSA) is 79.3 Å². The van der Waals surface area contributed by atoms with Crippen LogP contribution < -0.4 is 9.47 Å². The second-order valence-electron chi connectivity index (χ2n) is 8.00. The summed E-state index contributed by atoms with van der Waals surface area (Å²) in [5.74, 6) is -0.451. The van der Waals surface area contributed by atoms with Crippen molar-refractivity contribution in [3.63, 3.8) is 0 Å². The Bertz CT molecular complexity index is 1040. The van der Waals surface area contributed by atoms with E-state index in [1.807, 2.05) is 25.1 Å². The predicted molar refractivity (Wildman–Crippen MR) is 128 cm³/mol. The minimum Gasteiger partial charge on any atom is -0.507 e. The molecule has 7 heteroatoms. The molecule has 3 rings (SSSR count). The number of carbonyl (C=O) groups excluding carboxylic acids is 2. The number of likely N-dealkylation sites (N-methyl/N-ethyl adjacent to an activating group) is 1. The van der Waals surface area contributed by atoms with Crippen molar-refractivity contribution in [1.82, 2.24) is 9.80 Å². The summed E-state index contributed by atoms with van der Waals surface area (Å²) in [5.41, 5.74) is 2.07. The fourth-order valence-corrected chi connectivity index (χ4v) is 4.18. The molecule has 0 aliphatic carbocycles. The number of hydrogen-bond donors (Lipinski definition) is 1. The molecule has 1 saturated heterocycles. The van der Waals surface area contributed by atoms with Gasteiger partial charge in [0.25, 0.3) is 11.7 Å². The number of benzene rings is 2. The zero-order valence-corrected chi connectivity index (χ0v) is 19.9. The van der Waals surface area contributed by atoms with Crippen LogP contribution in [0, 0.1) is 6.92 Å². The Hall–Kier alpha value is -3.32. The van der Waals surface area contributed by atoms with Gasteiger partial charge in [-0.15, -0.1) is 0 Å². The molecular formula is C26H32N2O5. The van der Waals surface area contributed by atoms with Gasteiger partial charge in [-0.05, 0) is 49.8 Å². The van der Waals surface area contributed by atoms with Crippen LogP contribution in [0.3, 0.4) is 0 Å². The summed E-state index contributed by atoms with van der Waals surface area (Å²) in [6.07, 6.45) is 0. The van der Waals surface area contributed by atoms with E-state index in [0.717, 1.165) is 24.2 Å². The number of aryl methyl sites for hydroxylation is 1. The number of aliphatic hydroxyl groups is 1. The first-order chi connectivity index (χ1) is 15.9. The van der Waals surface area contributed by atoms with Gasteiger partial charge in [-0.25, -0.2) is 0 Å². The van der Waals surface area contributed by atoms with E-state index in [4.69, 9.17) is 9.47 Å². The largest absolute Gasteiger partial charge is 0.507 e. The van der Waals surface area contributed by atoms with Gasteiger partial charge in [0.2, 0.25) is 0 Å². The number of likely N-dealkylation sites (tertiary alicyclic amines) is 1. The van der Waals surface area contributed by atoms with Gasteiger partial charge in [0.15, 0.2) is 0 Å². The van der Waals surface area contributed by atoms with Gasteiger partial charge < -0.3 is 24.4 Å². The highest BCUT2D eigenvalue weighted by atomic mass is 16.5. The van der Waals surface area contributed by atoms with Gasteiger partial charge in [0.05, 0.1) is 31.4 Å². The lowest BCUT2D eigenvalue weighted by atomic mass is 9.94. The van der Waals surface area contributed by atoms with Crippen molar-refractivity contribution in [1.29, 1.82) is 0 Å². The first-order valence-corrected chi connectivity index (χ1v) is 11.2. The van der Waals surface area contributed by atoms with E-state index in [-0.39, 0.29) is 11.3 Å². The third-order valence-corrected chi connectivity index (χ3v) is 6.13. The van der Waals surface area contributed by atoms with Gasteiger partial charge in [-0.1, -0.05) is 37.6 Å². The summed E-state index contributed by atoms with van der Waals surface area (Å²) >= 11 is 0. The summed E-state index contributed by atoms with van der Waals surface area (Å²) in [5, 5.41) is 11.3. The maximum Gasteiger partial charge on any atom is 0.295 e. The highest BCUT2D eigenvalue weighted by Crippen LogP contribution is 2.41. The van der Waals surface area contributed by atoms with Gasteiger partial charge in [0.1, 0.15) is 17.3 Å². The van der Waals surface area contributed by atoms with Crippen molar-refractivity contribution in [2.24, 2.45) is 0 Å². The Balaban J connectivity index is 2.15. The van der Waals surface area contributed by atoms with Crippen molar-refractivity contribution in [2.45, 2.75) is 26.8 Å². The van der Waals surface area contributed by atoms with Crippen molar-refractivity contribution in [3.05, 3.63) is 64.7 Å². The minimum atomic E-state index is -0.711. The molecule has 0 bridgehead atoms. The van der Waals surface area contributed by atoms with Crippen LogP contribution in [-0.4, -0.2) is 67.0 Å². The minimum absolute atomic E-state index is 0.0635. The molecule has 0 radical (unpaired) electrons. The van der Waals surface area contributed by atoms with E-state index < -0.39 is 17.7 Å². The van der Waals surface area contributed by atoms with Crippen molar-refractivity contribution >= 4 is 17.4 Å². The Morgan fingerprint density at radius 1 is 1.03 bits per heavy atom. The molecule has 1 amide bonds. The first kappa shape index (κ1) is 24.3. The lowest BCUT2D eigenvalue weighted by molar-refractivity contribution is -0.140. The molecule has 176 valence electrons. The van der Waals surface area contributed by atoms with Crippen LogP contribution in [-0.2, 0) is 9.59 Å². The normalized spacial score (nSPS) is 17.6. The lowest BCUT2D eigenvalue weighted by Gasteiger charge is -2.28. The molecule has 33 heavy (non-hydrogen) atoms. The maximum absolute atomic E-state index is 13.2. The molecule has 2 aromatic rings. The van der Waals surface area contributed by atoms with E-state index in [0.29, 0.717) is 30.2 Å². The number of ketones is 1. The Morgan fingerprint density at radius 2 is 1.70 bits per heavy atom. The van der Waals surface area contributed by atoms with Crippen molar-refractivity contribution in [2.75, 3.05) is 40.4 Å². The molecule has 1 atom stereocenters. The maximum atomic E-state index is 13.2. The van der Waals surface area contributed by atoms with Crippen molar-refractivity contribution < 1.29 is 24.2 Å². The molecule has 1 aliphatic rings. The summed E-state index contributed by atoms with van der Waals surface area (Å²) in [7, 11) is 3.08. The van der Waals surface area contributed by atoms with Crippen LogP contribution in [0.2, 0.25) is 0 Å². The summed E-state index contributed by atoms with van der Waals surface area (Å²) in [4.78, 5) is 30.1. The van der Waals surface area contributed by atoms with Crippen LogP contribution in [0.5, 0.6) is 11.5 Å². The van der Waals surface area contributed by atoms with E-state index in [1.54, 1.807) is 36.3 Å². The van der Waals surface area contributed by atoms with Crippen LogP contribution in [0.4, 0.5) is 0 Å². The molecule has 1 fully saturated rings. The zero-order chi connectivity index (χ0) is 24.1. The van der Waals surface area contributed by atoms with E-state index >= 15 is 0 Å². The number of rotatable bonds is 9. The molecule has 1 N–H and O–H groups in total.